The lowest BCUT2D eigenvalue weighted by Gasteiger charge is -2.11. The van der Waals surface area contributed by atoms with Crippen molar-refractivity contribution in [2.45, 2.75) is 23.6 Å². The first-order valence-corrected chi connectivity index (χ1v) is 9.45. The molecule has 0 spiro atoms. The number of rotatable bonds is 5. The van der Waals surface area contributed by atoms with Crippen molar-refractivity contribution >= 4 is 20.0 Å². The molecule has 0 fully saturated rings. The van der Waals surface area contributed by atoms with E-state index in [-0.39, 0.29) is 9.79 Å². The summed E-state index contributed by atoms with van der Waals surface area (Å²) < 4.78 is 61.3. The first-order valence-electron chi connectivity index (χ1n) is 6.48. The average Bonchev–Trinajstić information content (AvgIpc) is 2.48. The van der Waals surface area contributed by atoms with Gasteiger partial charge in [0, 0.05) is 0 Å². The Morgan fingerprint density at radius 3 is 2.00 bits per heavy atom. The van der Waals surface area contributed by atoms with Crippen molar-refractivity contribution in [1.82, 2.24) is 9.66 Å². The van der Waals surface area contributed by atoms with Gasteiger partial charge < -0.3 is 0 Å². The Morgan fingerprint density at radius 2 is 1.39 bits per heavy atom. The molecule has 2 aromatic rings. The fraction of sp³-hybridized carbons (Fsp3) is 0.143. The zero-order valence-corrected chi connectivity index (χ0v) is 14.0. The van der Waals surface area contributed by atoms with Gasteiger partial charge >= 0.3 is 0 Å². The fourth-order valence-electron chi connectivity index (χ4n) is 1.83. The van der Waals surface area contributed by atoms with E-state index >= 15 is 0 Å². The minimum atomic E-state index is -4.15. The number of hydrogen-bond donors (Lipinski definition) is 2. The highest BCUT2D eigenvalue weighted by atomic mass is 32.2. The molecular formula is C14H15FN2O4S2. The van der Waals surface area contributed by atoms with Gasteiger partial charge in [0.25, 0.3) is 20.0 Å². The largest absolute Gasteiger partial charge is 0.254 e. The maximum Gasteiger partial charge on any atom is 0.254 e. The third-order valence-electron chi connectivity index (χ3n) is 3.07. The second-order valence-corrected chi connectivity index (χ2v) is 8.27. The van der Waals surface area contributed by atoms with Gasteiger partial charge in [0.2, 0.25) is 0 Å². The highest BCUT2D eigenvalue weighted by Gasteiger charge is 2.21. The Morgan fingerprint density at radius 1 is 0.826 bits per heavy atom. The summed E-state index contributed by atoms with van der Waals surface area (Å²) in [4.78, 5) is 3.34. The molecular weight excluding hydrogens is 343 g/mol. The molecule has 0 saturated carbocycles. The topological polar surface area (TPSA) is 92.3 Å². The standard InChI is InChI=1S/C14H15FN2O4S2/c1-10-3-4-11(2)14(9-10)23(20,21)17-16-22(18,19)13-7-5-12(15)6-8-13/h3-9,16-17H,1-2H3. The third kappa shape index (κ3) is 4.14. The van der Waals surface area contributed by atoms with Gasteiger partial charge in [-0.25, -0.2) is 21.2 Å². The summed E-state index contributed by atoms with van der Waals surface area (Å²) in [5.41, 5.74) is 1.20. The SMILES string of the molecule is Cc1ccc(C)c(S(=O)(=O)NNS(=O)(=O)c2ccc(F)cc2)c1. The average molecular weight is 358 g/mol. The summed E-state index contributed by atoms with van der Waals surface area (Å²) in [5, 5.41) is 0. The predicted octanol–water partition coefficient (Wildman–Crippen LogP) is 1.61. The minimum Gasteiger partial charge on any atom is -0.207 e. The Kier molecular flexibility index (Phi) is 4.85. The predicted molar refractivity (Wildman–Crippen MR) is 83.0 cm³/mol. The molecule has 2 N–H and O–H groups in total. The quantitative estimate of drug-likeness (QED) is 0.795. The van der Waals surface area contributed by atoms with Crippen LogP contribution in [0.25, 0.3) is 0 Å². The van der Waals surface area contributed by atoms with Crippen LogP contribution in [-0.4, -0.2) is 16.8 Å². The van der Waals surface area contributed by atoms with Crippen LogP contribution in [0.4, 0.5) is 4.39 Å². The molecule has 0 amide bonds. The molecule has 6 nitrogen and oxygen atoms in total. The number of sulfonamides is 2. The molecule has 0 aliphatic carbocycles. The highest BCUT2D eigenvalue weighted by Crippen LogP contribution is 2.16. The van der Waals surface area contributed by atoms with E-state index in [1.165, 1.54) is 6.07 Å². The van der Waals surface area contributed by atoms with Crippen LogP contribution in [-0.2, 0) is 20.0 Å². The number of benzene rings is 2. The smallest absolute Gasteiger partial charge is 0.207 e. The lowest BCUT2D eigenvalue weighted by atomic mass is 10.2. The lowest BCUT2D eigenvalue weighted by molar-refractivity contribution is 0.557. The van der Waals surface area contributed by atoms with Gasteiger partial charge in [-0.05, 0) is 55.3 Å². The normalized spacial score (nSPS) is 12.3. The number of halogens is 1. The van der Waals surface area contributed by atoms with Crippen molar-refractivity contribution in [3.8, 4) is 0 Å². The molecule has 0 bridgehead atoms. The van der Waals surface area contributed by atoms with E-state index in [4.69, 9.17) is 0 Å². The van der Waals surface area contributed by atoms with Crippen molar-refractivity contribution in [2.75, 3.05) is 0 Å². The molecule has 2 aromatic carbocycles. The molecule has 0 unspecified atom stereocenters. The van der Waals surface area contributed by atoms with Crippen molar-refractivity contribution in [2.24, 2.45) is 0 Å². The van der Waals surface area contributed by atoms with Gasteiger partial charge in [0.05, 0.1) is 9.79 Å². The molecule has 2 rings (SSSR count). The van der Waals surface area contributed by atoms with E-state index in [0.29, 0.717) is 5.56 Å². The first-order chi connectivity index (χ1) is 10.6. The first kappa shape index (κ1) is 17.5. The van der Waals surface area contributed by atoms with E-state index in [1.54, 1.807) is 30.8 Å². The zero-order chi connectivity index (χ0) is 17.3. The number of hydrogen-bond acceptors (Lipinski definition) is 4. The molecule has 0 radical (unpaired) electrons. The summed E-state index contributed by atoms with van der Waals surface area (Å²) in [6.07, 6.45) is 0. The van der Waals surface area contributed by atoms with Gasteiger partial charge in [0.15, 0.2) is 0 Å². The molecule has 0 aliphatic heterocycles. The van der Waals surface area contributed by atoms with Gasteiger partial charge in [0.1, 0.15) is 5.82 Å². The molecule has 23 heavy (non-hydrogen) atoms. The maximum atomic E-state index is 12.8. The van der Waals surface area contributed by atoms with Crippen LogP contribution in [0.15, 0.2) is 52.3 Å². The van der Waals surface area contributed by atoms with Crippen LogP contribution in [0.1, 0.15) is 11.1 Å². The number of hydrazine groups is 1. The number of nitrogens with one attached hydrogen (secondary N) is 2. The second-order valence-electron chi connectivity index (χ2n) is 4.93. The van der Waals surface area contributed by atoms with Gasteiger partial charge in [-0.2, -0.15) is 0 Å². The Balaban J connectivity index is 2.25. The summed E-state index contributed by atoms with van der Waals surface area (Å²) in [6, 6.07) is 8.80. The van der Waals surface area contributed by atoms with E-state index < -0.39 is 25.9 Å². The van der Waals surface area contributed by atoms with Gasteiger partial charge in [-0.3, -0.25) is 0 Å². The second kappa shape index (κ2) is 6.36. The van der Waals surface area contributed by atoms with Crippen molar-refractivity contribution in [1.29, 1.82) is 0 Å². The Bertz CT molecular complexity index is 924. The van der Waals surface area contributed by atoms with Crippen LogP contribution >= 0.6 is 0 Å². The van der Waals surface area contributed by atoms with Crippen LogP contribution in [0.3, 0.4) is 0 Å². The lowest BCUT2D eigenvalue weighted by Crippen LogP contribution is -2.41. The van der Waals surface area contributed by atoms with Crippen molar-refractivity contribution in [3.05, 3.63) is 59.4 Å². The summed E-state index contributed by atoms with van der Waals surface area (Å²) in [5.74, 6) is -0.597. The Hall–Kier alpha value is -1.81. The van der Waals surface area contributed by atoms with E-state index in [0.717, 1.165) is 29.8 Å². The summed E-state index contributed by atoms with van der Waals surface area (Å²) in [7, 11) is -8.23. The van der Waals surface area contributed by atoms with Gasteiger partial charge in [-0.1, -0.05) is 12.1 Å². The maximum absolute atomic E-state index is 12.8. The van der Waals surface area contributed by atoms with Crippen LogP contribution in [0.2, 0.25) is 0 Å². The van der Waals surface area contributed by atoms with E-state index in [9.17, 15) is 21.2 Å². The molecule has 0 aromatic heterocycles. The van der Waals surface area contributed by atoms with Crippen molar-refractivity contribution in [3.63, 3.8) is 0 Å². The molecule has 0 heterocycles. The molecule has 0 saturated heterocycles. The molecule has 124 valence electrons. The Labute approximate surface area is 134 Å². The van der Waals surface area contributed by atoms with Crippen LogP contribution in [0, 0.1) is 19.7 Å². The summed E-state index contributed by atoms with van der Waals surface area (Å²) >= 11 is 0. The van der Waals surface area contributed by atoms with Crippen LogP contribution < -0.4 is 9.66 Å². The fourth-order valence-corrected chi connectivity index (χ4v) is 4.27. The van der Waals surface area contributed by atoms with Crippen LogP contribution in [0.5, 0.6) is 0 Å². The third-order valence-corrected chi connectivity index (χ3v) is 5.85. The minimum absolute atomic E-state index is 0.0284. The molecule has 0 aliphatic rings. The molecule has 0 atom stereocenters. The highest BCUT2D eigenvalue weighted by molar-refractivity contribution is 7.92. The van der Waals surface area contributed by atoms with Crippen molar-refractivity contribution < 1.29 is 21.2 Å². The van der Waals surface area contributed by atoms with Gasteiger partial charge in [-0.15, -0.1) is 9.66 Å². The van der Waals surface area contributed by atoms with E-state index in [2.05, 4.69) is 0 Å². The molecule has 9 heteroatoms. The van der Waals surface area contributed by atoms with E-state index in [1.807, 2.05) is 4.83 Å². The number of aryl methyl sites for hydroxylation is 2. The zero-order valence-electron chi connectivity index (χ0n) is 12.4. The monoisotopic (exact) mass is 358 g/mol. The summed E-state index contributed by atoms with van der Waals surface area (Å²) in [6.45, 7) is 3.32.